The Balaban J connectivity index is 1.30. The maximum atomic E-state index is 13.2. The van der Waals surface area contributed by atoms with E-state index in [1.807, 2.05) is 67.6 Å². The third kappa shape index (κ3) is 4.74. The number of para-hydroxylation sites is 3. The predicted molar refractivity (Wildman–Crippen MR) is 146 cm³/mol. The van der Waals surface area contributed by atoms with Gasteiger partial charge in [0, 0.05) is 55.5 Å². The highest BCUT2D eigenvalue weighted by atomic mass is 16.5. The van der Waals surface area contributed by atoms with Crippen molar-refractivity contribution in [3.63, 3.8) is 0 Å². The quantitative estimate of drug-likeness (QED) is 0.399. The summed E-state index contributed by atoms with van der Waals surface area (Å²) in [5.41, 5.74) is 10.8. The van der Waals surface area contributed by atoms with Crippen LogP contribution in [0.3, 0.4) is 0 Å². The molecule has 6 nitrogen and oxygen atoms in total. The molecule has 1 aliphatic heterocycles. The third-order valence-corrected chi connectivity index (χ3v) is 7.17. The van der Waals surface area contributed by atoms with Crippen molar-refractivity contribution in [1.82, 2.24) is 4.90 Å². The number of hydrogen-bond acceptors (Lipinski definition) is 6. The molecule has 0 saturated carbocycles. The predicted octanol–water partition coefficient (Wildman–Crippen LogP) is 4.99. The maximum absolute atomic E-state index is 13.2. The summed E-state index contributed by atoms with van der Waals surface area (Å²) in [5.74, 6) is 1.52. The lowest BCUT2D eigenvalue weighted by Crippen LogP contribution is -2.47. The van der Waals surface area contributed by atoms with E-state index in [2.05, 4.69) is 21.9 Å². The summed E-state index contributed by atoms with van der Waals surface area (Å²) in [6, 6.07) is 23.4. The Morgan fingerprint density at radius 2 is 1.67 bits per heavy atom. The highest BCUT2D eigenvalue weighted by Gasteiger charge is 2.22. The number of hydrogen-bond donors (Lipinski definition) is 1. The fourth-order valence-electron chi connectivity index (χ4n) is 5.07. The van der Waals surface area contributed by atoms with Gasteiger partial charge >= 0.3 is 0 Å². The SMILES string of the molecule is COc1ccccc1N1CCN(CCC(N)c2cccc3c(=O)c(C)c(-c4ccccc4)oc23)CC1. The van der Waals surface area contributed by atoms with Gasteiger partial charge in [-0.1, -0.05) is 54.6 Å². The molecule has 1 saturated heterocycles. The van der Waals surface area contributed by atoms with Crippen LogP contribution in [0, 0.1) is 6.92 Å². The normalized spacial score (nSPS) is 15.2. The number of nitrogens with zero attached hydrogens (tertiary/aromatic N) is 2. The molecule has 3 aromatic carbocycles. The Morgan fingerprint density at radius 3 is 2.42 bits per heavy atom. The molecule has 0 spiro atoms. The van der Waals surface area contributed by atoms with Gasteiger partial charge in [0.25, 0.3) is 0 Å². The number of methoxy groups -OCH3 is 1. The second-order valence-electron chi connectivity index (χ2n) is 9.37. The van der Waals surface area contributed by atoms with Crippen molar-refractivity contribution in [2.24, 2.45) is 5.73 Å². The molecular weight excluding hydrogens is 450 g/mol. The zero-order chi connectivity index (χ0) is 25.1. The third-order valence-electron chi connectivity index (χ3n) is 7.17. The fraction of sp³-hybridized carbons (Fsp3) is 0.300. The van der Waals surface area contributed by atoms with Gasteiger partial charge in [-0.25, -0.2) is 0 Å². The summed E-state index contributed by atoms with van der Waals surface area (Å²) in [6.45, 7) is 6.53. The largest absolute Gasteiger partial charge is 0.495 e. The van der Waals surface area contributed by atoms with Gasteiger partial charge in [-0.15, -0.1) is 0 Å². The lowest BCUT2D eigenvalue weighted by atomic mass is 9.99. The first kappa shape index (κ1) is 24.1. The van der Waals surface area contributed by atoms with Gasteiger partial charge in [-0.2, -0.15) is 0 Å². The van der Waals surface area contributed by atoms with Gasteiger partial charge in [0.1, 0.15) is 17.1 Å². The monoisotopic (exact) mass is 483 g/mol. The first-order chi connectivity index (χ1) is 17.6. The van der Waals surface area contributed by atoms with E-state index in [0.29, 0.717) is 22.3 Å². The minimum absolute atomic E-state index is 0.00313. The Hall–Kier alpha value is -3.61. The molecule has 36 heavy (non-hydrogen) atoms. The van der Waals surface area contributed by atoms with Crippen LogP contribution in [0.1, 0.15) is 23.6 Å². The maximum Gasteiger partial charge on any atom is 0.196 e. The molecule has 2 heterocycles. The number of piperazine rings is 1. The highest BCUT2D eigenvalue weighted by molar-refractivity contribution is 5.83. The Kier molecular flexibility index (Phi) is 7.07. The number of fused-ring (bicyclic) bond motifs is 1. The first-order valence-electron chi connectivity index (χ1n) is 12.5. The number of nitrogens with two attached hydrogens (primary N) is 1. The van der Waals surface area contributed by atoms with Crippen molar-refractivity contribution in [2.75, 3.05) is 44.7 Å². The summed E-state index contributed by atoms with van der Waals surface area (Å²) >= 11 is 0. The smallest absolute Gasteiger partial charge is 0.196 e. The summed E-state index contributed by atoms with van der Waals surface area (Å²) in [4.78, 5) is 18.0. The minimum Gasteiger partial charge on any atom is -0.495 e. The van der Waals surface area contributed by atoms with Gasteiger partial charge < -0.3 is 19.8 Å². The second-order valence-corrected chi connectivity index (χ2v) is 9.37. The van der Waals surface area contributed by atoms with Gasteiger partial charge in [0.2, 0.25) is 0 Å². The molecule has 0 radical (unpaired) electrons. The standard InChI is InChI=1S/C30H33N3O3/c1-21-28(34)24-12-8-11-23(30(24)36-29(21)22-9-4-3-5-10-22)25(31)15-16-32-17-19-33(20-18-32)26-13-6-7-14-27(26)35-2/h3-14,25H,15-20,31H2,1-2H3. The van der Waals surface area contributed by atoms with Gasteiger partial charge in [-0.05, 0) is 31.5 Å². The van der Waals surface area contributed by atoms with E-state index in [9.17, 15) is 4.79 Å². The van der Waals surface area contributed by atoms with Gasteiger partial charge in [0.15, 0.2) is 5.43 Å². The van der Waals surface area contributed by atoms with E-state index in [1.54, 1.807) is 7.11 Å². The molecule has 1 atom stereocenters. The molecule has 0 bridgehead atoms. The summed E-state index contributed by atoms with van der Waals surface area (Å²) in [7, 11) is 1.72. The summed E-state index contributed by atoms with van der Waals surface area (Å²) in [6.07, 6.45) is 0.784. The molecule has 1 fully saturated rings. The summed E-state index contributed by atoms with van der Waals surface area (Å²) in [5, 5.41) is 0.588. The number of benzene rings is 3. The van der Waals surface area contributed by atoms with Gasteiger partial charge in [-0.3, -0.25) is 9.69 Å². The van der Waals surface area contributed by atoms with E-state index in [0.717, 1.165) is 61.7 Å². The van der Waals surface area contributed by atoms with Crippen molar-refractivity contribution in [2.45, 2.75) is 19.4 Å². The molecular formula is C30H33N3O3. The topological polar surface area (TPSA) is 71.9 Å². The van der Waals surface area contributed by atoms with E-state index in [1.165, 1.54) is 0 Å². The average molecular weight is 484 g/mol. The van der Waals surface area contributed by atoms with Crippen LogP contribution in [0.5, 0.6) is 5.75 Å². The molecule has 2 N–H and O–H groups in total. The summed E-state index contributed by atoms with van der Waals surface area (Å²) < 4.78 is 11.9. The van der Waals surface area contributed by atoms with Crippen LogP contribution in [-0.2, 0) is 0 Å². The molecule has 0 aliphatic carbocycles. The Morgan fingerprint density at radius 1 is 0.944 bits per heavy atom. The number of anilines is 1. The van der Waals surface area contributed by atoms with E-state index >= 15 is 0 Å². The van der Waals surface area contributed by atoms with Crippen LogP contribution >= 0.6 is 0 Å². The zero-order valence-corrected chi connectivity index (χ0v) is 20.9. The first-order valence-corrected chi connectivity index (χ1v) is 12.5. The van der Waals surface area contributed by atoms with Crippen molar-refractivity contribution in [1.29, 1.82) is 0 Å². The van der Waals surface area contributed by atoms with Gasteiger partial charge in [0.05, 0.1) is 18.2 Å². The molecule has 1 aromatic heterocycles. The van der Waals surface area contributed by atoms with Crippen LogP contribution in [-0.4, -0.2) is 44.7 Å². The number of ether oxygens (including phenoxy) is 1. The lowest BCUT2D eigenvalue weighted by Gasteiger charge is -2.37. The fourth-order valence-corrected chi connectivity index (χ4v) is 5.07. The molecule has 4 aromatic rings. The van der Waals surface area contributed by atoms with E-state index < -0.39 is 0 Å². The molecule has 6 heteroatoms. The second kappa shape index (κ2) is 10.6. The van der Waals surface area contributed by atoms with Crippen molar-refractivity contribution in [3.05, 3.63) is 94.1 Å². The van der Waals surface area contributed by atoms with Crippen molar-refractivity contribution in [3.8, 4) is 17.1 Å². The van der Waals surface area contributed by atoms with E-state index in [-0.39, 0.29) is 11.5 Å². The average Bonchev–Trinajstić information content (AvgIpc) is 2.94. The van der Waals surface area contributed by atoms with Crippen LogP contribution in [0.4, 0.5) is 5.69 Å². The van der Waals surface area contributed by atoms with Crippen LogP contribution in [0.15, 0.2) is 82.0 Å². The lowest BCUT2D eigenvalue weighted by molar-refractivity contribution is 0.248. The Labute approximate surface area is 211 Å². The molecule has 0 amide bonds. The molecule has 186 valence electrons. The molecule has 1 unspecified atom stereocenters. The molecule has 5 rings (SSSR count). The molecule has 1 aliphatic rings. The van der Waals surface area contributed by atoms with Crippen LogP contribution in [0.2, 0.25) is 0 Å². The van der Waals surface area contributed by atoms with Crippen molar-refractivity contribution < 1.29 is 9.15 Å². The minimum atomic E-state index is -0.226. The van der Waals surface area contributed by atoms with Crippen LogP contribution in [0.25, 0.3) is 22.3 Å². The van der Waals surface area contributed by atoms with E-state index in [4.69, 9.17) is 14.9 Å². The zero-order valence-electron chi connectivity index (χ0n) is 20.9. The van der Waals surface area contributed by atoms with Crippen molar-refractivity contribution >= 4 is 16.7 Å². The number of rotatable bonds is 7. The highest BCUT2D eigenvalue weighted by Crippen LogP contribution is 2.31. The Bertz CT molecular complexity index is 1390. The van der Waals surface area contributed by atoms with Crippen LogP contribution < -0.4 is 20.8 Å².